The Kier molecular flexibility index (Phi) is 6.62. The molecule has 8 heteroatoms. The minimum Gasteiger partial charge on any atom is -0.326 e. The number of aryl methyl sites for hydroxylation is 2. The van der Waals surface area contributed by atoms with Gasteiger partial charge in [-0.1, -0.05) is 17.8 Å². The van der Waals surface area contributed by atoms with Gasteiger partial charge in [0, 0.05) is 29.6 Å². The van der Waals surface area contributed by atoms with E-state index in [9.17, 15) is 14.4 Å². The highest BCUT2D eigenvalue weighted by Gasteiger charge is 2.24. The van der Waals surface area contributed by atoms with Crippen molar-refractivity contribution in [3.63, 3.8) is 0 Å². The molecule has 2 aromatic heterocycles. The second kappa shape index (κ2) is 9.42. The molecule has 1 unspecified atom stereocenters. The first-order chi connectivity index (χ1) is 15.4. The summed E-state index contributed by atoms with van der Waals surface area (Å²) in [7, 11) is 0. The van der Waals surface area contributed by atoms with Gasteiger partial charge in [0.05, 0.1) is 10.6 Å². The van der Waals surface area contributed by atoms with Crippen molar-refractivity contribution in [3.8, 4) is 0 Å². The molecule has 0 spiro atoms. The molecular formula is C24H25N3O3S2. The Bertz CT molecular complexity index is 1260. The molecule has 0 saturated carbocycles. The summed E-state index contributed by atoms with van der Waals surface area (Å²) < 4.78 is 1.63. The Morgan fingerprint density at radius 2 is 2.00 bits per heavy atom. The van der Waals surface area contributed by atoms with Gasteiger partial charge in [-0.15, -0.1) is 17.9 Å². The molecule has 166 valence electrons. The van der Waals surface area contributed by atoms with Gasteiger partial charge in [-0.05, 0) is 62.4 Å². The van der Waals surface area contributed by atoms with Crippen LogP contribution in [-0.2, 0) is 24.2 Å². The fourth-order valence-electron chi connectivity index (χ4n) is 3.97. The number of thioether (sulfide) groups is 1. The van der Waals surface area contributed by atoms with Crippen molar-refractivity contribution in [1.82, 2.24) is 9.55 Å². The number of anilines is 1. The average Bonchev–Trinajstić information content (AvgIpc) is 3.14. The number of carbonyl (C=O) groups excluding carboxylic acids is 2. The lowest BCUT2D eigenvalue weighted by Gasteiger charge is -2.15. The van der Waals surface area contributed by atoms with Crippen LogP contribution < -0.4 is 10.9 Å². The summed E-state index contributed by atoms with van der Waals surface area (Å²) >= 11 is 2.90. The Balaban J connectivity index is 1.64. The van der Waals surface area contributed by atoms with Gasteiger partial charge in [-0.2, -0.15) is 0 Å². The predicted octanol–water partition coefficient (Wildman–Crippen LogP) is 4.84. The SMILES string of the molecule is C=CCn1c(SC(C)C(=O)c2ccc(NC(C)=O)cc2)nc2sc3c(c2c1=O)CCCC3. The first kappa shape index (κ1) is 22.5. The molecule has 1 N–H and O–H groups in total. The number of fused-ring (bicyclic) bond motifs is 3. The highest BCUT2D eigenvalue weighted by Crippen LogP contribution is 2.35. The van der Waals surface area contributed by atoms with E-state index in [0.29, 0.717) is 23.0 Å². The molecule has 4 rings (SSSR count). The third kappa shape index (κ3) is 4.42. The molecule has 0 fully saturated rings. The number of hydrogen-bond acceptors (Lipinski definition) is 6. The number of allylic oxidation sites excluding steroid dienone is 1. The predicted molar refractivity (Wildman–Crippen MR) is 131 cm³/mol. The molecule has 1 aromatic carbocycles. The lowest BCUT2D eigenvalue weighted by molar-refractivity contribution is -0.114. The van der Waals surface area contributed by atoms with E-state index in [0.717, 1.165) is 41.5 Å². The van der Waals surface area contributed by atoms with Gasteiger partial charge < -0.3 is 5.32 Å². The van der Waals surface area contributed by atoms with E-state index in [4.69, 9.17) is 4.98 Å². The van der Waals surface area contributed by atoms with Gasteiger partial charge in [0.25, 0.3) is 5.56 Å². The topological polar surface area (TPSA) is 81.1 Å². The molecule has 1 aliphatic carbocycles. The van der Waals surface area contributed by atoms with Crippen molar-refractivity contribution in [2.45, 2.75) is 56.5 Å². The van der Waals surface area contributed by atoms with Crippen LogP contribution in [0.15, 0.2) is 46.9 Å². The molecule has 3 aromatic rings. The minimum atomic E-state index is -0.434. The van der Waals surface area contributed by atoms with Crippen LogP contribution in [0, 0.1) is 0 Å². The van der Waals surface area contributed by atoms with Crippen molar-refractivity contribution in [1.29, 1.82) is 0 Å². The molecule has 0 saturated heterocycles. The van der Waals surface area contributed by atoms with Crippen molar-refractivity contribution in [3.05, 3.63) is 63.3 Å². The number of thiophene rings is 1. The number of benzene rings is 1. The first-order valence-electron chi connectivity index (χ1n) is 10.6. The highest BCUT2D eigenvalue weighted by molar-refractivity contribution is 8.00. The molecule has 2 heterocycles. The lowest BCUT2D eigenvalue weighted by Crippen LogP contribution is -2.25. The van der Waals surface area contributed by atoms with E-state index in [1.54, 1.807) is 46.2 Å². The van der Waals surface area contributed by atoms with E-state index in [1.807, 2.05) is 6.92 Å². The summed E-state index contributed by atoms with van der Waals surface area (Å²) in [5, 5.41) is 3.54. The van der Waals surface area contributed by atoms with Gasteiger partial charge in [-0.3, -0.25) is 19.0 Å². The fourth-order valence-corrected chi connectivity index (χ4v) is 6.26. The quantitative estimate of drug-likeness (QED) is 0.233. The van der Waals surface area contributed by atoms with Crippen LogP contribution in [-0.4, -0.2) is 26.5 Å². The standard InChI is InChI=1S/C24H25N3O3S2/c1-4-13-27-23(30)20-18-7-5-6-8-19(18)32-22(20)26-24(27)31-14(2)21(29)16-9-11-17(12-10-16)25-15(3)28/h4,9-12,14H,1,5-8,13H2,2-3H3,(H,25,28). The Labute approximate surface area is 194 Å². The normalized spacial score (nSPS) is 14.1. The lowest BCUT2D eigenvalue weighted by atomic mass is 9.97. The second-order valence-corrected chi connectivity index (χ2v) is 10.3. The smallest absolute Gasteiger partial charge is 0.263 e. The Morgan fingerprint density at radius 1 is 1.28 bits per heavy atom. The molecule has 6 nitrogen and oxygen atoms in total. The van der Waals surface area contributed by atoms with Crippen LogP contribution >= 0.6 is 23.1 Å². The summed E-state index contributed by atoms with van der Waals surface area (Å²) in [5.41, 5.74) is 2.30. The van der Waals surface area contributed by atoms with Gasteiger partial charge in [0.15, 0.2) is 10.9 Å². The molecule has 1 atom stereocenters. The zero-order valence-corrected chi connectivity index (χ0v) is 19.8. The summed E-state index contributed by atoms with van der Waals surface area (Å²) in [6.45, 7) is 7.40. The average molecular weight is 468 g/mol. The van der Waals surface area contributed by atoms with E-state index in [1.165, 1.54) is 23.6 Å². The van der Waals surface area contributed by atoms with E-state index in [-0.39, 0.29) is 17.2 Å². The monoisotopic (exact) mass is 467 g/mol. The summed E-state index contributed by atoms with van der Waals surface area (Å²) in [5.74, 6) is -0.223. The van der Waals surface area contributed by atoms with E-state index in [2.05, 4.69) is 11.9 Å². The molecule has 0 radical (unpaired) electrons. The number of hydrogen-bond donors (Lipinski definition) is 1. The fraction of sp³-hybridized carbons (Fsp3) is 0.333. The van der Waals surface area contributed by atoms with Crippen LogP contribution in [0.25, 0.3) is 10.2 Å². The maximum absolute atomic E-state index is 13.4. The molecule has 0 bridgehead atoms. The second-order valence-electron chi connectivity index (χ2n) is 7.87. The van der Waals surface area contributed by atoms with Crippen LogP contribution in [0.3, 0.4) is 0 Å². The zero-order valence-electron chi connectivity index (χ0n) is 18.1. The van der Waals surface area contributed by atoms with E-state index < -0.39 is 5.25 Å². The third-order valence-electron chi connectivity index (χ3n) is 5.49. The minimum absolute atomic E-state index is 0.0453. The number of ketones is 1. The maximum Gasteiger partial charge on any atom is 0.263 e. The van der Waals surface area contributed by atoms with Crippen LogP contribution in [0.2, 0.25) is 0 Å². The van der Waals surface area contributed by atoms with Gasteiger partial charge in [0.1, 0.15) is 4.83 Å². The molecule has 32 heavy (non-hydrogen) atoms. The number of nitrogens with zero attached hydrogens (tertiary/aromatic N) is 2. The van der Waals surface area contributed by atoms with Crippen LogP contribution in [0.5, 0.6) is 0 Å². The van der Waals surface area contributed by atoms with Crippen LogP contribution in [0.4, 0.5) is 5.69 Å². The molecule has 0 aliphatic heterocycles. The third-order valence-corrected chi connectivity index (χ3v) is 7.77. The number of amides is 1. The van der Waals surface area contributed by atoms with Crippen LogP contribution in [0.1, 0.15) is 47.5 Å². The number of aromatic nitrogens is 2. The van der Waals surface area contributed by atoms with Crippen molar-refractivity contribution in [2.24, 2.45) is 0 Å². The number of rotatable bonds is 7. The summed E-state index contributed by atoms with van der Waals surface area (Å²) in [6, 6.07) is 6.82. The highest BCUT2D eigenvalue weighted by atomic mass is 32.2. The van der Waals surface area contributed by atoms with Crippen molar-refractivity contribution in [2.75, 3.05) is 5.32 Å². The molecule has 1 aliphatic rings. The van der Waals surface area contributed by atoms with Crippen molar-refractivity contribution < 1.29 is 9.59 Å². The maximum atomic E-state index is 13.4. The Morgan fingerprint density at radius 3 is 2.69 bits per heavy atom. The number of nitrogens with one attached hydrogen (secondary N) is 1. The van der Waals surface area contributed by atoms with Gasteiger partial charge >= 0.3 is 0 Å². The van der Waals surface area contributed by atoms with Crippen molar-refractivity contribution >= 4 is 50.7 Å². The van der Waals surface area contributed by atoms with E-state index >= 15 is 0 Å². The van der Waals surface area contributed by atoms with Gasteiger partial charge in [-0.25, -0.2) is 4.98 Å². The molecule has 1 amide bonds. The number of carbonyl (C=O) groups is 2. The first-order valence-corrected chi connectivity index (χ1v) is 12.3. The van der Waals surface area contributed by atoms with Gasteiger partial charge in [0.2, 0.25) is 5.91 Å². The largest absolute Gasteiger partial charge is 0.326 e. The molecular weight excluding hydrogens is 442 g/mol. The zero-order chi connectivity index (χ0) is 22.8. The summed E-state index contributed by atoms with van der Waals surface area (Å²) in [4.78, 5) is 44.4. The summed E-state index contributed by atoms with van der Waals surface area (Å²) in [6.07, 6.45) is 5.86. The Hall–Kier alpha value is -2.71. The number of Topliss-reactive ketones (excluding diaryl/α,β-unsaturated/α-hetero) is 1.